The van der Waals surface area contributed by atoms with Crippen molar-refractivity contribution in [1.82, 2.24) is 15.5 Å². The molecule has 0 saturated carbocycles. The Hall–Kier alpha value is -3.45. The van der Waals surface area contributed by atoms with Crippen LogP contribution in [0.5, 0.6) is 0 Å². The van der Waals surface area contributed by atoms with Crippen LogP contribution >= 0.6 is 11.6 Å². The summed E-state index contributed by atoms with van der Waals surface area (Å²) in [6, 6.07) is 12.4. The van der Waals surface area contributed by atoms with Gasteiger partial charge in [0.2, 0.25) is 0 Å². The number of nitrogens with zero attached hydrogens (tertiary/aromatic N) is 1. The molecule has 2 aromatic carbocycles. The first-order chi connectivity index (χ1) is 16.4. The smallest absolute Gasteiger partial charge is 0.328 e. The molecule has 0 bridgehead atoms. The van der Waals surface area contributed by atoms with Crippen LogP contribution in [0.2, 0.25) is 5.02 Å². The molecule has 8 heteroatoms. The Balaban J connectivity index is 1.58. The number of aromatic amines is 1. The number of H-pyrrole nitrogens is 1. The number of carbonyl (C=O) groups excluding carboxylic acids is 2. The maximum absolute atomic E-state index is 13.2. The fourth-order valence-electron chi connectivity index (χ4n) is 4.12. The van der Waals surface area contributed by atoms with Gasteiger partial charge in [-0.1, -0.05) is 35.9 Å². The van der Waals surface area contributed by atoms with Crippen molar-refractivity contribution in [2.45, 2.75) is 38.1 Å². The first-order valence-corrected chi connectivity index (χ1v) is 11.5. The lowest BCUT2D eigenvalue weighted by Gasteiger charge is -2.16. The zero-order valence-electron chi connectivity index (χ0n) is 18.7. The predicted octanol–water partition coefficient (Wildman–Crippen LogP) is 4.98. The molecule has 1 amide bonds. The lowest BCUT2D eigenvalue weighted by Crippen LogP contribution is -2.43. The van der Waals surface area contributed by atoms with Crippen molar-refractivity contribution in [3.05, 3.63) is 87.4 Å². The molecule has 1 heterocycles. The van der Waals surface area contributed by atoms with Crippen molar-refractivity contribution >= 4 is 35.1 Å². The zero-order valence-corrected chi connectivity index (χ0v) is 19.5. The van der Waals surface area contributed by atoms with E-state index in [1.807, 2.05) is 24.3 Å². The van der Waals surface area contributed by atoms with Crippen molar-refractivity contribution in [1.29, 1.82) is 0 Å². The maximum atomic E-state index is 13.2. The summed E-state index contributed by atoms with van der Waals surface area (Å²) in [5, 5.41) is 10.8. The van der Waals surface area contributed by atoms with E-state index in [-0.39, 0.29) is 12.2 Å². The number of aromatic nitrogens is 2. The Morgan fingerprint density at radius 3 is 2.56 bits per heavy atom. The largest absolute Gasteiger partial charge is 0.467 e. The number of methoxy groups -OCH3 is 1. The van der Waals surface area contributed by atoms with Gasteiger partial charge in [0, 0.05) is 17.0 Å². The molecule has 3 aromatic rings. The minimum Gasteiger partial charge on any atom is -0.467 e. The number of esters is 1. The van der Waals surface area contributed by atoms with E-state index in [0.717, 1.165) is 41.7 Å². The Bertz CT molecular complexity index is 1200. The monoisotopic (exact) mass is 481 g/mol. The number of hydrogen-bond acceptors (Lipinski definition) is 4. The Labute approximate surface area is 202 Å². The van der Waals surface area contributed by atoms with Crippen molar-refractivity contribution in [3.63, 3.8) is 0 Å². The van der Waals surface area contributed by atoms with E-state index in [4.69, 9.17) is 16.3 Å². The zero-order chi connectivity index (χ0) is 24.1. The minimum atomic E-state index is -0.920. The van der Waals surface area contributed by atoms with Gasteiger partial charge in [-0.05, 0) is 72.7 Å². The van der Waals surface area contributed by atoms with Crippen molar-refractivity contribution in [3.8, 4) is 0 Å². The summed E-state index contributed by atoms with van der Waals surface area (Å²) in [5.41, 5.74) is 4.69. The van der Waals surface area contributed by atoms with Crippen LogP contribution in [0.15, 0.2) is 48.5 Å². The highest BCUT2D eigenvalue weighted by molar-refractivity contribution is 6.30. The summed E-state index contributed by atoms with van der Waals surface area (Å²) in [6.07, 6.45) is 5.68. The minimum absolute atomic E-state index is 0.177. The fraction of sp³-hybridized carbons (Fsp3) is 0.269. The average molecular weight is 482 g/mol. The summed E-state index contributed by atoms with van der Waals surface area (Å²) in [4.78, 5) is 25.5. The summed E-state index contributed by atoms with van der Waals surface area (Å²) in [5.74, 6) is -1.38. The number of carbonyl (C=O) groups is 2. The molecule has 0 unspecified atom stereocenters. The van der Waals surface area contributed by atoms with Gasteiger partial charge < -0.3 is 10.1 Å². The number of halogens is 2. The molecular weight excluding hydrogens is 457 g/mol. The fourth-order valence-corrected chi connectivity index (χ4v) is 4.25. The molecule has 0 saturated heterocycles. The number of rotatable bonds is 6. The third kappa shape index (κ3) is 5.54. The van der Waals surface area contributed by atoms with Crippen LogP contribution in [0.3, 0.4) is 0 Å². The quantitative estimate of drug-likeness (QED) is 0.384. The van der Waals surface area contributed by atoms with Gasteiger partial charge in [0.05, 0.1) is 12.8 Å². The van der Waals surface area contributed by atoms with Gasteiger partial charge in [0.1, 0.15) is 17.6 Å². The van der Waals surface area contributed by atoms with Crippen LogP contribution in [0.4, 0.5) is 4.39 Å². The van der Waals surface area contributed by atoms with Gasteiger partial charge in [-0.3, -0.25) is 9.89 Å². The molecule has 6 nitrogen and oxygen atoms in total. The van der Waals surface area contributed by atoms with E-state index in [1.165, 1.54) is 19.2 Å². The van der Waals surface area contributed by atoms with Crippen molar-refractivity contribution < 1.29 is 18.7 Å². The van der Waals surface area contributed by atoms with Crippen LogP contribution in [-0.2, 0) is 22.4 Å². The Morgan fingerprint density at radius 1 is 1.15 bits per heavy atom. The second kappa shape index (κ2) is 10.7. The topological polar surface area (TPSA) is 84.1 Å². The van der Waals surface area contributed by atoms with E-state index in [9.17, 15) is 14.0 Å². The number of allylic oxidation sites excluding steroid dienone is 1. The number of ether oxygens (including phenoxy) is 1. The van der Waals surface area contributed by atoms with Gasteiger partial charge in [-0.25, -0.2) is 9.18 Å². The summed E-state index contributed by atoms with van der Waals surface area (Å²) in [6.45, 7) is 0. The highest BCUT2D eigenvalue weighted by atomic mass is 35.5. The summed E-state index contributed by atoms with van der Waals surface area (Å²) < 4.78 is 18.1. The van der Waals surface area contributed by atoms with Crippen molar-refractivity contribution in [2.24, 2.45) is 0 Å². The lowest BCUT2D eigenvalue weighted by atomic mass is 10.0. The van der Waals surface area contributed by atoms with E-state index in [1.54, 1.807) is 12.1 Å². The first kappa shape index (κ1) is 23.7. The molecule has 0 aliphatic heterocycles. The van der Waals surface area contributed by atoms with E-state index in [2.05, 4.69) is 21.6 Å². The standard InChI is InChI=1S/C26H25ClFN3O3/c1-34-26(33)22(15-17-8-12-20(28)13-9-17)29-25(32)24-21-5-3-2-4-18(23(21)30-31-24)14-16-6-10-19(27)11-7-16/h6-14,22H,2-5,15H2,1H3,(H,29,32)(H,30,31)/t22-/m0/s1. The number of nitrogens with one attached hydrogen (secondary N) is 2. The summed E-state index contributed by atoms with van der Waals surface area (Å²) >= 11 is 6.00. The molecule has 1 aliphatic rings. The number of hydrogen-bond donors (Lipinski definition) is 2. The first-order valence-electron chi connectivity index (χ1n) is 11.1. The van der Waals surface area contributed by atoms with Gasteiger partial charge >= 0.3 is 5.97 Å². The van der Waals surface area contributed by atoms with Gasteiger partial charge in [-0.15, -0.1) is 0 Å². The van der Waals surface area contributed by atoms with E-state index >= 15 is 0 Å². The number of fused-ring (bicyclic) bond motifs is 1. The summed E-state index contributed by atoms with van der Waals surface area (Å²) in [7, 11) is 1.27. The van der Waals surface area contributed by atoms with E-state index in [0.29, 0.717) is 22.7 Å². The molecule has 0 radical (unpaired) electrons. The highest BCUT2D eigenvalue weighted by Gasteiger charge is 2.27. The number of amides is 1. The van der Waals surface area contributed by atoms with Gasteiger partial charge in [0.25, 0.3) is 5.91 Å². The molecule has 34 heavy (non-hydrogen) atoms. The molecule has 0 fully saturated rings. The van der Waals surface area contributed by atoms with Gasteiger partial charge in [-0.2, -0.15) is 5.10 Å². The predicted molar refractivity (Wildman–Crippen MR) is 129 cm³/mol. The molecule has 2 N–H and O–H groups in total. The molecule has 176 valence electrons. The van der Waals surface area contributed by atoms with Crippen LogP contribution in [-0.4, -0.2) is 35.2 Å². The molecular formula is C26H25ClFN3O3. The third-order valence-corrected chi connectivity index (χ3v) is 6.13. The molecule has 1 atom stereocenters. The SMILES string of the molecule is COC(=O)[C@H](Cc1ccc(F)cc1)NC(=O)c1[nH]nc2c1CCCCC2=Cc1ccc(Cl)cc1. The van der Waals surface area contributed by atoms with Crippen LogP contribution in [0.1, 0.15) is 52.1 Å². The third-order valence-electron chi connectivity index (χ3n) is 5.88. The van der Waals surface area contributed by atoms with Crippen LogP contribution in [0.25, 0.3) is 11.6 Å². The highest BCUT2D eigenvalue weighted by Crippen LogP contribution is 2.32. The lowest BCUT2D eigenvalue weighted by molar-refractivity contribution is -0.142. The maximum Gasteiger partial charge on any atom is 0.328 e. The second-order valence-corrected chi connectivity index (χ2v) is 8.67. The normalized spacial score (nSPS) is 15.3. The van der Waals surface area contributed by atoms with Crippen LogP contribution in [0, 0.1) is 5.82 Å². The molecule has 4 rings (SSSR count). The van der Waals surface area contributed by atoms with E-state index < -0.39 is 17.9 Å². The Morgan fingerprint density at radius 2 is 1.85 bits per heavy atom. The average Bonchev–Trinajstić information content (AvgIpc) is 3.17. The molecule has 0 spiro atoms. The van der Waals surface area contributed by atoms with Gasteiger partial charge in [0.15, 0.2) is 0 Å². The number of benzene rings is 2. The molecule has 1 aliphatic carbocycles. The Kier molecular flexibility index (Phi) is 7.43. The van der Waals surface area contributed by atoms with Crippen LogP contribution < -0.4 is 5.32 Å². The molecule has 1 aromatic heterocycles. The van der Waals surface area contributed by atoms with Crippen molar-refractivity contribution in [2.75, 3.05) is 7.11 Å². The second-order valence-electron chi connectivity index (χ2n) is 8.23.